The Bertz CT molecular complexity index is 873. The quantitative estimate of drug-likeness (QED) is 0.0326. The van der Waals surface area contributed by atoms with Crippen molar-refractivity contribution >= 4 is 11.9 Å². The Kier molecular flexibility index (Phi) is 42.2. The molecule has 0 aromatic carbocycles. The van der Waals surface area contributed by atoms with Crippen molar-refractivity contribution in [2.45, 2.75) is 270 Å². The lowest BCUT2D eigenvalue weighted by molar-refractivity contribution is -0.151. The van der Waals surface area contributed by atoms with Crippen LogP contribution < -0.4 is 5.32 Å². The average molecular weight is 776 g/mol. The fourth-order valence-electron chi connectivity index (χ4n) is 7.34. The van der Waals surface area contributed by atoms with Crippen LogP contribution in [0.5, 0.6) is 0 Å². The van der Waals surface area contributed by atoms with E-state index in [0.717, 1.165) is 64.2 Å². The van der Waals surface area contributed by atoms with Gasteiger partial charge in [-0.15, -0.1) is 0 Å². The fourth-order valence-corrected chi connectivity index (χ4v) is 7.34. The van der Waals surface area contributed by atoms with Crippen LogP contribution in [0.1, 0.15) is 252 Å². The first-order chi connectivity index (χ1) is 27.0. The molecule has 0 saturated carbocycles. The molecule has 3 atom stereocenters. The zero-order valence-electron chi connectivity index (χ0n) is 36.8. The molecule has 3 N–H and O–H groups in total. The van der Waals surface area contributed by atoms with Gasteiger partial charge in [-0.3, -0.25) is 9.59 Å². The van der Waals surface area contributed by atoms with Crippen LogP contribution in [0, 0.1) is 0 Å². The van der Waals surface area contributed by atoms with Gasteiger partial charge in [0.15, 0.2) is 0 Å². The molecule has 0 radical (unpaired) electrons. The zero-order chi connectivity index (χ0) is 40.3. The number of aliphatic hydroxyl groups excluding tert-OH is 2. The summed E-state index contributed by atoms with van der Waals surface area (Å²) in [4.78, 5) is 26.0. The number of amides is 1. The lowest BCUT2D eigenvalue weighted by Crippen LogP contribution is -2.46. The van der Waals surface area contributed by atoms with Gasteiger partial charge in [0.1, 0.15) is 6.10 Å². The highest BCUT2D eigenvalue weighted by atomic mass is 16.5. The Labute approximate surface area is 341 Å². The van der Waals surface area contributed by atoms with Crippen molar-refractivity contribution < 1.29 is 24.5 Å². The first kappa shape index (κ1) is 53.3. The van der Waals surface area contributed by atoms with E-state index in [1.54, 1.807) is 0 Å². The minimum atomic E-state index is -0.786. The van der Waals surface area contributed by atoms with Crippen molar-refractivity contribution in [2.24, 2.45) is 0 Å². The van der Waals surface area contributed by atoms with Gasteiger partial charge in [-0.1, -0.05) is 206 Å². The standard InChI is InChI=1S/C49H93NO5/c1-4-7-10-13-16-19-21-23-24-25-26-29-31-34-37-40-45(55-49(54)42-39-36-33-28-18-15-12-9-6-3)43-48(53)50-46(44-51)47(52)41-38-35-32-30-27-22-20-17-14-11-8-5-2/h16,19,23-24,45-47,51-52H,4-15,17-18,20-22,25-44H2,1-3H3,(H,50,53)/b19-16-,24-23-. The molecular formula is C49H93NO5. The van der Waals surface area contributed by atoms with Gasteiger partial charge in [-0.2, -0.15) is 0 Å². The van der Waals surface area contributed by atoms with Gasteiger partial charge in [0, 0.05) is 6.42 Å². The highest BCUT2D eigenvalue weighted by Crippen LogP contribution is 2.18. The third-order valence-electron chi connectivity index (χ3n) is 11.0. The van der Waals surface area contributed by atoms with Gasteiger partial charge in [0.25, 0.3) is 0 Å². The van der Waals surface area contributed by atoms with Crippen LogP contribution >= 0.6 is 0 Å². The normalized spacial score (nSPS) is 13.5. The van der Waals surface area contributed by atoms with Crippen molar-refractivity contribution in [1.82, 2.24) is 5.32 Å². The van der Waals surface area contributed by atoms with Crippen molar-refractivity contribution in [1.29, 1.82) is 0 Å². The van der Waals surface area contributed by atoms with Crippen LogP contribution in [-0.4, -0.2) is 46.9 Å². The Balaban J connectivity index is 4.57. The van der Waals surface area contributed by atoms with Gasteiger partial charge in [0.2, 0.25) is 5.91 Å². The Morgan fingerprint density at radius 1 is 0.527 bits per heavy atom. The summed E-state index contributed by atoms with van der Waals surface area (Å²) in [7, 11) is 0. The minimum absolute atomic E-state index is 0.0726. The molecule has 0 aromatic rings. The summed E-state index contributed by atoms with van der Waals surface area (Å²) in [5.41, 5.74) is 0. The van der Waals surface area contributed by atoms with Crippen molar-refractivity contribution in [3.05, 3.63) is 24.3 Å². The molecule has 0 aliphatic carbocycles. The van der Waals surface area contributed by atoms with Gasteiger partial charge in [0.05, 0.1) is 25.2 Å². The van der Waals surface area contributed by atoms with E-state index in [4.69, 9.17) is 4.74 Å². The van der Waals surface area contributed by atoms with Crippen LogP contribution in [0.25, 0.3) is 0 Å². The number of rotatable bonds is 43. The maximum Gasteiger partial charge on any atom is 0.306 e. The molecule has 0 aromatic heterocycles. The monoisotopic (exact) mass is 776 g/mol. The molecule has 6 nitrogen and oxygen atoms in total. The molecular weight excluding hydrogens is 683 g/mol. The van der Waals surface area contributed by atoms with Gasteiger partial charge in [-0.05, 0) is 57.8 Å². The molecule has 0 aliphatic rings. The van der Waals surface area contributed by atoms with Crippen LogP contribution in [0.15, 0.2) is 24.3 Å². The van der Waals surface area contributed by atoms with Crippen LogP contribution in [0.3, 0.4) is 0 Å². The molecule has 0 bridgehead atoms. The van der Waals surface area contributed by atoms with E-state index in [2.05, 4.69) is 50.4 Å². The number of hydrogen-bond acceptors (Lipinski definition) is 5. The second-order valence-electron chi connectivity index (χ2n) is 16.5. The molecule has 1 amide bonds. The van der Waals surface area contributed by atoms with Crippen LogP contribution in [0.4, 0.5) is 0 Å². The van der Waals surface area contributed by atoms with Gasteiger partial charge >= 0.3 is 5.97 Å². The predicted molar refractivity (Wildman–Crippen MR) is 236 cm³/mol. The van der Waals surface area contributed by atoms with Crippen molar-refractivity contribution in [3.8, 4) is 0 Å². The number of unbranched alkanes of at least 4 members (excludes halogenated alkanes) is 27. The first-order valence-electron chi connectivity index (χ1n) is 24.1. The molecule has 0 fully saturated rings. The number of allylic oxidation sites excluding steroid dienone is 4. The molecule has 0 rings (SSSR count). The molecule has 0 heterocycles. The average Bonchev–Trinajstić information content (AvgIpc) is 3.18. The van der Waals surface area contributed by atoms with E-state index in [-0.39, 0.29) is 24.9 Å². The Morgan fingerprint density at radius 2 is 0.927 bits per heavy atom. The molecule has 324 valence electrons. The summed E-state index contributed by atoms with van der Waals surface area (Å²) in [6.07, 6.45) is 48.0. The minimum Gasteiger partial charge on any atom is -0.462 e. The SMILES string of the molecule is CCCCC/C=C\C/C=C\CCCCCCCC(CC(=O)NC(CO)C(O)CCCCCCCCCCCCCC)OC(=O)CCCCCCCCCCC. The van der Waals surface area contributed by atoms with E-state index < -0.39 is 18.2 Å². The number of aliphatic hydroxyl groups is 2. The number of hydrogen-bond donors (Lipinski definition) is 3. The fraction of sp³-hybridized carbons (Fsp3) is 0.878. The first-order valence-corrected chi connectivity index (χ1v) is 24.1. The van der Waals surface area contributed by atoms with E-state index in [9.17, 15) is 19.8 Å². The number of carbonyl (C=O) groups excluding carboxylic acids is 2. The maximum atomic E-state index is 13.1. The molecule has 3 unspecified atom stereocenters. The van der Waals surface area contributed by atoms with E-state index in [1.165, 1.54) is 141 Å². The predicted octanol–water partition coefficient (Wildman–Crippen LogP) is 14.0. The molecule has 0 spiro atoms. The topological polar surface area (TPSA) is 95.9 Å². The van der Waals surface area contributed by atoms with E-state index in [0.29, 0.717) is 19.3 Å². The summed E-state index contributed by atoms with van der Waals surface area (Å²) in [5, 5.41) is 23.7. The van der Waals surface area contributed by atoms with E-state index >= 15 is 0 Å². The molecule has 55 heavy (non-hydrogen) atoms. The van der Waals surface area contributed by atoms with Crippen molar-refractivity contribution in [3.63, 3.8) is 0 Å². The van der Waals surface area contributed by atoms with Crippen LogP contribution in [0.2, 0.25) is 0 Å². The summed E-state index contributed by atoms with van der Waals surface area (Å²) in [6, 6.07) is -0.700. The Morgan fingerprint density at radius 3 is 1.42 bits per heavy atom. The second-order valence-corrected chi connectivity index (χ2v) is 16.5. The zero-order valence-corrected chi connectivity index (χ0v) is 36.8. The van der Waals surface area contributed by atoms with Crippen LogP contribution in [-0.2, 0) is 14.3 Å². The molecule has 0 aliphatic heterocycles. The number of carbonyl (C=O) groups is 2. The highest BCUT2D eigenvalue weighted by molar-refractivity contribution is 5.77. The van der Waals surface area contributed by atoms with Gasteiger partial charge in [-0.25, -0.2) is 0 Å². The third-order valence-corrected chi connectivity index (χ3v) is 11.0. The maximum absolute atomic E-state index is 13.1. The number of nitrogens with one attached hydrogen (secondary N) is 1. The molecule has 0 saturated heterocycles. The lowest BCUT2D eigenvalue weighted by atomic mass is 10.0. The highest BCUT2D eigenvalue weighted by Gasteiger charge is 2.24. The Hall–Kier alpha value is -1.66. The smallest absolute Gasteiger partial charge is 0.306 e. The third kappa shape index (κ3) is 39.0. The summed E-state index contributed by atoms with van der Waals surface area (Å²) >= 11 is 0. The lowest BCUT2D eigenvalue weighted by Gasteiger charge is -2.24. The summed E-state index contributed by atoms with van der Waals surface area (Å²) in [5.74, 6) is -0.481. The summed E-state index contributed by atoms with van der Waals surface area (Å²) in [6.45, 7) is 6.43. The van der Waals surface area contributed by atoms with Crippen molar-refractivity contribution in [2.75, 3.05) is 6.61 Å². The van der Waals surface area contributed by atoms with E-state index in [1.807, 2.05) is 0 Å². The number of esters is 1. The van der Waals surface area contributed by atoms with Gasteiger partial charge < -0.3 is 20.3 Å². The second kappa shape index (κ2) is 43.5. The largest absolute Gasteiger partial charge is 0.462 e. The molecule has 6 heteroatoms. The number of ether oxygens (including phenoxy) is 1. The summed E-state index contributed by atoms with van der Waals surface area (Å²) < 4.78 is 5.90.